The van der Waals surface area contributed by atoms with Gasteiger partial charge in [0, 0.05) is 11.3 Å². The number of Topliss-reactive ketones (excluding diaryl/α,β-unsaturated/α-hetero) is 1. The second-order valence-electron chi connectivity index (χ2n) is 8.51. The summed E-state index contributed by atoms with van der Waals surface area (Å²) in [6, 6.07) is 16.0. The highest BCUT2D eigenvalue weighted by Crippen LogP contribution is 2.43. The van der Waals surface area contributed by atoms with Gasteiger partial charge in [0.15, 0.2) is 5.78 Å². The van der Waals surface area contributed by atoms with Gasteiger partial charge in [-0.25, -0.2) is 0 Å². The number of carbonyl (C=O) groups is 2. The Labute approximate surface area is 177 Å². The summed E-state index contributed by atoms with van der Waals surface area (Å²) in [7, 11) is 1.34. The molecule has 0 saturated heterocycles. The Hall–Kier alpha value is -3.08. The van der Waals surface area contributed by atoms with E-state index in [1.807, 2.05) is 31.2 Å². The summed E-state index contributed by atoms with van der Waals surface area (Å²) in [6.45, 7) is 6.25. The molecule has 156 valence electrons. The maximum absolute atomic E-state index is 13.6. The Balaban J connectivity index is 1.84. The summed E-state index contributed by atoms with van der Waals surface area (Å²) in [5, 5.41) is 7.03. The smallest absolute Gasteiger partial charge is 0.316 e. The molecule has 0 saturated carbocycles. The maximum Gasteiger partial charge on any atom is 0.316 e. The average molecular weight is 405 g/mol. The molecular weight excluding hydrogens is 376 g/mol. The first-order valence-corrected chi connectivity index (χ1v) is 10.5. The first-order valence-electron chi connectivity index (χ1n) is 10.5. The van der Waals surface area contributed by atoms with Crippen LogP contribution in [0.5, 0.6) is 0 Å². The Morgan fingerprint density at radius 1 is 1.07 bits per heavy atom. The summed E-state index contributed by atoms with van der Waals surface area (Å²) in [5.41, 5.74) is 5.61. The summed E-state index contributed by atoms with van der Waals surface area (Å²) in [5.74, 6) is -1.11. The molecule has 1 aliphatic heterocycles. The van der Waals surface area contributed by atoms with Crippen LogP contribution in [0.3, 0.4) is 0 Å². The summed E-state index contributed by atoms with van der Waals surface area (Å²) in [6.07, 6.45) is 0.609. The third-order valence-electron chi connectivity index (χ3n) is 6.16. The average Bonchev–Trinajstić information content (AvgIpc) is 2.90. The molecule has 2 aromatic rings. The second kappa shape index (κ2) is 7.98. The molecule has 5 heteroatoms. The number of nitrogens with one attached hydrogen (secondary N) is 2. The maximum atomic E-state index is 13.6. The zero-order valence-electron chi connectivity index (χ0n) is 17.9. The van der Waals surface area contributed by atoms with Crippen molar-refractivity contribution in [2.24, 2.45) is 11.8 Å². The lowest BCUT2D eigenvalue weighted by atomic mass is 9.74. The van der Waals surface area contributed by atoms with Gasteiger partial charge in [-0.05, 0) is 41.5 Å². The van der Waals surface area contributed by atoms with Crippen LogP contribution in [-0.2, 0) is 14.3 Å². The third kappa shape index (κ3) is 3.49. The number of carbonyl (C=O) groups excluding carboxylic acids is 2. The van der Waals surface area contributed by atoms with E-state index in [-0.39, 0.29) is 17.7 Å². The lowest BCUT2D eigenvalue weighted by Crippen LogP contribution is -2.39. The van der Waals surface area contributed by atoms with Gasteiger partial charge in [0.05, 0.1) is 24.5 Å². The van der Waals surface area contributed by atoms with E-state index in [1.54, 1.807) is 0 Å². The fourth-order valence-corrected chi connectivity index (χ4v) is 4.46. The third-order valence-corrected chi connectivity index (χ3v) is 6.16. The van der Waals surface area contributed by atoms with E-state index < -0.39 is 11.9 Å². The Bertz CT molecular complexity index is 1010. The molecule has 4 rings (SSSR count). The van der Waals surface area contributed by atoms with Crippen LogP contribution >= 0.6 is 0 Å². The molecule has 2 N–H and O–H groups in total. The quantitative estimate of drug-likeness (QED) is 0.554. The van der Waals surface area contributed by atoms with Crippen molar-refractivity contribution in [3.8, 4) is 0 Å². The van der Waals surface area contributed by atoms with Crippen LogP contribution in [0, 0.1) is 11.8 Å². The summed E-state index contributed by atoms with van der Waals surface area (Å²) < 4.78 is 4.96. The van der Waals surface area contributed by atoms with Crippen LogP contribution in [0.4, 0.5) is 11.4 Å². The Morgan fingerprint density at radius 3 is 2.37 bits per heavy atom. The number of allylic oxidation sites excluding steroid dienone is 1. The number of benzene rings is 2. The minimum atomic E-state index is -0.781. The van der Waals surface area contributed by atoms with Crippen LogP contribution in [0.25, 0.3) is 0 Å². The highest BCUT2D eigenvalue weighted by molar-refractivity contribution is 6.11. The van der Waals surface area contributed by atoms with Gasteiger partial charge in [0.25, 0.3) is 0 Å². The van der Waals surface area contributed by atoms with Crippen LogP contribution in [0.15, 0.2) is 59.8 Å². The molecule has 0 bridgehead atoms. The molecule has 1 heterocycles. The van der Waals surface area contributed by atoms with E-state index in [9.17, 15) is 9.59 Å². The number of para-hydroxylation sites is 2. The molecule has 2 aliphatic rings. The number of anilines is 2. The number of hydrogen-bond donors (Lipinski definition) is 2. The zero-order chi connectivity index (χ0) is 21.4. The Kier molecular flexibility index (Phi) is 5.37. The molecule has 3 atom stereocenters. The zero-order valence-corrected chi connectivity index (χ0v) is 17.9. The monoisotopic (exact) mass is 404 g/mol. The van der Waals surface area contributed by atoms with E-state index >= 15 is 0 Å². The fraction of sp³-hybridized carbons (Fsp3) is 0.360. The van der Waals surface area contributed by atoms with Crippen molar-refractivity contribution in [1.82, 2.24) is 0 Å². The molecule has 0 spiro atoms. The van der Waals surface area contributed by atoms with Crippen molar-refractivity contribution in [3.63, 3.8) is 0 Å². The normalized spacial score (nSPS) is 23.1. The van der Waals surface area contributed by atoms with Crippen LogP contribution < -0.4 is 10.6 Å². The predicted molar refractivity (Wildman–Crippen MR) is 118 cm³/mol. The SMILES string of the molecule is COC(=O)C1C(=O)C2=C(CC1C)Nc1ccccc1NC2c1ccc(C(C)C)cc1. The molecule has 3 unspecified atom stereocenters. The minimum absolute atomic E-state index is 0.134. The van der Waals surface area contributed by atoms with E-state index in [1.165, 1.54) is 12.7 Å². The van der Waals surface area contributed by atoms with Crippen LogP contribution in [0.1, 0.15) is 50.3 Å². The van der Waals surface area contributed by atoms with Crippen molar-refractivity contribution < 1.29 is 14.3 Å². The van der Waals surface area contributed by atoms with Crippen molar-refractivity contribution in [1.29, 1.82) is 0 Å². The van der Waals surface area contributed by atoms with Crippen molar-refractivity contribution >= 4 is 23.1 Å². The van der Waals surface area contributed by atoms with Crippen molar-refractivity contribution in [2.75, 3.05) is 17.7 Å². The number of esters is 1. The number of rotatable bonds is 3. The molecule has 0 aromatic heterocycles. The van der Waals surface area contributed by atoms with E-state index in [2.05, 4.69) is 48.7 Å². The van der Waals surface area contributed by atoms with Crippen LogP contribution in [0.2, 0.25) is 0 Å². The van der Waals surface area contributed by atoms with Gasteiger partial charge >= 0.3 is 5.97 Å². The number of hydrogen-bond acceptors (Lipinski definition) is 5. The molecule has 0 fully saturated rings. The standard InChI is InChI=1S/C25H28N2O3/c1-14(2)16-9-11-17(12-10-16)23-22-20(26-18-7-5-6-8-19(18)27-23)13-15(3)21(24(22)28)25(29)30-4/h5-12,14-15,21,23,26-27H,13H2,1-4H3. The summed E-state index contributed by atoms with van der Waals surface area (Å²) >= 11 is 0. The van der Waals surface area contributed by atoms with Crippen LogP contribution in [-0.4, -0.2) is 18.9 Å². The molecule has 0 radical (unpaired) electrons. The highest BCUT2D eigenvalue weighted by Gasteiger charge is 2.44. The van der Waals surface area contributed by atoms with E-state index in [0.29, 0.717) is 17.9 Å². The Morgan fingerprint density at radius 2 is 1.73 bits per heavy atom. The highest BCUT2D eigenvalue weighted by atomic mass is 16.5. The van der Waals surface area contributed by atoms with Gasteiger partial charge in [0.1, 0.15) is 5.92 Å². The molecule has 2 aromatic carbocycles. The van der Waals surface area contributed by atoms with E-state index in [0.717, 1.165) is 22.6 Å². The number of fused-ring (bicyclic) bond motifs is 1. The van der Waals surface area contributed by atoms with Gasteiger partial charge in [-0.15, -0.1) is 0 Å². The minimum Gasteiger partial charge on any atom is -0.468 e. The van der Waals surface area contributed by atoms with Gasteiger partial charge < -0.3 is 15.4 Å². The largest absolute Gasteiger partial charge is 0.468 e. The lowest BCUT2D eigenvalue weighted by molar-refractivity contribution is -0.151. The second-order valence-corrected chi connectivity index (χ2v) is 8.51. The number of ketones is 1. The molecule has 5 nitrogen and oxygen atoms in total. The topological polar surface area (TPSA) is 67.4 Å². The van der Waals surface area contributed by atoms with Gasteiger partial charge in [-0.1, -0.05) is 57.2 Å². The van der Waals surface area contributed by atoms with Gasteiger partial charge in [-0.2, -0.15) is 0 Å². The van der Waals surface area contributed by atoms with Crippen molar-refractivity contribution in [2.45, 2.75) is 39.2 Å². The lowest BCUT2D eigenvalue weighted by Gasteiger charge is -2.32. The molecule has 1 aliphatic carbocycles. The number of methoxy groups -OCH3 is 1. The predicted octanol–water partition coefficient (Wildman–Crippen LogP) is 5.04. The molecule has 0 amide bonds. The molecule has 30 heavy (non-hydrogen) atoms. The van der Waals surface area contributed by atoms with E-state index in [4.69, 9.17) is 4.74 Å². The van der Waals surface area contributed by atoms with Crippen molar-refractivity contribution in [3.05, 3.63) is 70.9 Å². The fourth-order valence-electron chi connectivity index (χ4n) is 4.46. The summed E-state index contributed by atoms with van der Waals surface area (Å²) in [4.78, 5) is 26.0. The first-order chi connectivity index (χ1) is 14.4. The first kappa shape index (κ1) is 20.2. The van der Waals surface area contributed by atoms with Gasteiger partial charge in [-0.3, -0.25) is 9.59 Å². The number of ether oxygens (including phenoxy) is 1. The molecular formula is C25H28N2O3. The van der Waals surface area contributed by atoms with Gasteiger partial charge in [0.2, 0.25) is 0 Å².